The van der Waals surface area contributed by atoms with Crippen molar-refractivity contribution < 1.29 is 9.59 Å². The third-order valence-corrected chi connectivity index (χ3v) is 7.28. The molecule has 150 valence electrons. The zero-order valence-corrected chi connectivity index (χ0v) is 17.1. The minimum atomic E-state index is -0.225. The van der Waals surface area contributed by atoms with Crippen LogP contribution in [-0.2, 0) is 9.59 Å². The van der Waals surface area contributed by atoms with E-state index in [0.29, 0.717) is 6.54 Å². The molecule has 1 fully saturated rings. The van der Waals surface area contributed by atoms with Crippen LogP contribution in [0.25, 0.3) is 0 Å². The summed E-state index contributed by atoms with van der Waals surface area (Å²) < 4.78 is 0. The number of amides is 2. The number of hydrogen-bond donors (Lipinski definition) is 0. The Morgan fingerprint density at radius 2 is 1.07 bits per heavy atom. The van der Waals surface area contributed by atoms with Crippen LogP contribution in [-0.4, -0.2) is 23.3 Å². The summed E-state index contributed by atoms with van der Waals surface area (Å²) >= 11 is 0. The van der Waals surface area contributed by atoms with E-state index in [2.05, 4.69) is 55.5 Å². The van der Waals surface area contributed by atoms with Crippen LogP contribution in [0.2, 0.25) is 0 Å². The molecule has 2 aromatic carbocycles. The average Bonchev–Trinajstić information content (AvgIpc) is 3.01. The van der Waals surface area contributed by atoms with Crippen LogP contribution in [0.4, 0.5) is 0 Å². The van der Waals surface area contributed by atoms with Gasteiger partial charge in [-0.25, -0.2) is 0 Å². The number of nitrogens with zero attached hydrogens (tertiary/aromatic N) is 1. The van der Waals surface area contributed by atoms with Gasteiger partial charge in [-0.3, -0.25) is 14.5 Å². The highest BCUT2D eigenvalue weighted by Gasteiger charge is 2.61. The third-order valence-electron chi connectivity index (χ3n) is 7.28. The lowest BCUT2D eigenvalue weighted by atomic mass is 9.55. The van der Waals surface area contributed by atoms with Gasteiger partial charge in [0, 0.05) is 18.4 Å². The fourth-order valence-electron chi connectivity index (χ4n) is 6.01. The molecule has 2 bridgehead atoms. The molecule has 0 aromatic heterocycles. The van der Waals surface area contributed by atoms with E-state index in [9.17, 15) is 9.59 Å². The largest absolute Gasteiger partial charge is 0.282 e. The number of imide groups is 1. The summed E-state index contributed by atoms with van der Waals surface area (Å²) in [7, 11) is 0. The normalized spacial score (nSPS) is 26.4. The smallest absolute Gasteiger partial charge is 0.234 e. The first-order valence-corrected chi connectivity index (χ1v) is 11.3. The predicted molar refractivity (Wildman–Crippen MR) is 114 cm³/mol. The Labute approximate surface area is 173 Å². The van der Waals surface area contributed by atoms with Gasteiger partial charge in [-0.2, -0.15) is 0 Å². The first kappa shape index (κ1) is 18.6. The van der Waals surface area contributed by atoms with E-state index >= 15 is 0 Å². The van der Waals surface area contributed by atoms with E-state index in [0.717, 1.165) is 12.8 Å². The third kappa shape index (κ3) is 2.78. The van der Waals surface area contributed by atoms with Gasteiger partial charge in [-0.15, -0.1) is 0 Å². The monoisotopic (exact) mass is 387 g/mol. The van der Waals surface area contributed by atoms with Crippen molar-refractivity contribution in [2.24, 2.45) is 11.8 Å². The summed E-state index contributed by atoms with van der Waals surface area (Å²) in [4.78, 5) is 28.5. The van der Waals surface area contributed by atoms with E-state index in [1.165, 1.54) is 47.9 Å². The number of benzene rings is 2. The Kier molecular flexibility index (Phi) is 4.77. The fraction of sp³-hybridized carbons (Fsp3) is 0.462. The van der Waals surface area contributed by atoms with Gasteiger partial charge in [0.25, 0.3) is 0 Å². The molecule has 0 N–H and O–H groups in total. The van der Waals surface area contributed by atoms with E-state index in [4.69, 9.17) is 0 Å². The van der Waals surface area contributed by atoms with Gasteiger partial charge in [0.1, 0.15) is 0 Å². The number of rotatable bonds is 7. The highest BCUT2D eigenvalue weighted by atomic mass is 16.2. The SMILES string of the molecule is CCCCCCCCN1C(=O)C2C3c4ccccc4C(c4ccccc43)C2C1=O. The molecule has 6 rings (SSSR count). The predicted octanol–water partition coefficient (Wildman–Crippen LogP) is 5.24. The van der Waals surface area contributed by atoms with Crippen molar-refractivity contribution in [1.82, 2.24) is 4.90 Å². The highest BCUT2D eigenvalue weighted by molar-refractivity contribution is 6.07. The summed E-state index contributed by atoms with van der Waals surface area (Å²) in [6.45, 7) is 2.80. The Morgan fingerprint density at radius 1 is 0.655 bits per heavy atom. The molecule has 2 amide bonds. The fourth-order valence-corrected chi connectivity index (χ4v) is 6.01. The van der Waals surface area contributed by atoms with Crippen molar-refractivity contribution in [1.29, 1.82) is 0 Å². The first-order valence-electron chi connectivity index (χ1n) is 11.3. The molecule has 2 aromatic rings. The zero-order chi connectivity index (χ0) is 20.0. The molecule has 2 atom stereocenters. The molecule has 4 aliphatic rings. The number of unbranched alkanes of at least 4 members (excludes halogenated alkanes) is 5. The Morgan fingerprint density at radius 3 is 1.52 bits per heavy atom. The lowest BCUT2D eigenvalue weighted by molar-refractivity contribution is -0.140. The highest BCUT2D eigenvalue weighted by Crippen LogP contribution is 2.60. The minimum Gasteiger partial charge on any atom is -0.282 e. The van der Waals surface area contributed by atoms with E-state index < -0.39 is 0 Å². The van der Waals surface area contributed by atoms with Crippen LogP contribution in [0.1, 0.15) is 79.5 Å². The van der Waals surface area contributed by atoms with Crippen molar-refractivity contribution in [3.63, 3.8) is 0 Å². The maximum atomic E-state index is 13.4. The molecule has 0 saturated carbocycles. The molecule has 2 unspecified atom stereocenters. The summed E-state index contributed by atoms with van der Waals surface area (Å²) in [5.41, 5.74) is 5.00. The van der Waals surface area contributed by atoms with Crippen molar-refractivity contribution in [2.45, 2.75) is 57.3 Å². The van der Waals surface area contributed by atoms with Crippen LogP contribution >= 0.6 is 0 Å². The molecular weight excluding hydrogens is 358 g/mol. The topological polar surface area (TPSA) is 37.4 Å². The number of carbonyl (C=O) groups is 2. The van der Waals surface area contributed by atoms with Gasteiger partial charge in [-0.05, 0) is 28.7 Å². The molecular formula is C26H29NO2. The average molecular weight is 388 g/mol. The maximum absolute atomic E-state index is 13.4. The van der Waals surface area contributed by atoms with Gasteiger partial charge < -0.3 is 0 Å². The maximum Gasteiger partial charge on any atom is 0.234 e. The van der Waals surface area contributed by atoms with Crippen LogP contribution in [0.15, 0.2) is 48.5 Å². The van der Waals surface area contributed by atoms with Crippen LogP contribution in [0, 0.1) is 11.8 Å². The van der Waals surface area contributed by atoms with Gasteiger partial charge in [0.05, 0.1) is 11.8 Å². The molecule has 3 nitrogen and oxygen atoms in total. The number of hydrogen-bond acceptors (Lipinski definition) is 2. The van der Waals surface area contributed by atoms with Crippen molar-refractivity contribution in [2.75, 3.05) is 6.54 Å². The quantitative estimate of drug-likeness (QED) is 0.481. The molecule has 3 aliphatic carbocycles. The van der Waals surface area contributed by atoms with Gasteiger partial charge in [0.15, 0.2) is 0 Å². The minimum absolute atomic E-state index is 0.0170. The summed E-state index contributed by atoms with van der Waals surface area (Å²) in [6.07, 6.45) is 6.97. The summed E-state index contributed by atoms with van der Waals surface area (Å²) in [5, 5.41) is 0. The lowest BCUT2D eigenvalue weighted by Crippen LogP contribution is -2.41. The molecule has 3 heteroatoms. The molecule has 1 saturated heterocycles. The second-order valence-corrected chi connectivity index (χ2v) is 8.86. The standard InChI is InChI=1S/C26H29NO2/c1-2-3-4-5-6-11-16-27-25(28)23-21-17-12-7-8-13-18(17)22(24(23)26(27)29)20-15-10-9-14-19(20)21/h7-10,12-15,21-24H,2-6,11,16H2,1H3. The van der Waals surface area contributed by atoms with Gasteiger partial charge in [0.2, 0.25) is 11.8 Å². The van der Waals surface area contributed by atoms with Crippen molar-refractivity contribution >= 4 is 11.8 Å². The van der Waals surface area contributed by atoms with E-state index in [1.807, 2.05) is 0 Å². The molecule has 0 spiro atoms. The first-order chi connectivity index (χ1) is 14.2. The molecule has 0 radical (unpaired) electrons. The Hall–Kier alpha value is -2.42. The van der Waals surface area contributed by atoms with Gasteiger partial charge in [-0.1, -0.05) is 87.6 Å². The van der Waals surface area contributed by atoms with Crippen molar-refractivity contribution in [3.8, 4) is 0 Å². The van der Waals surface area contributed by atoms with Gasteiger partial charge >= 0.3 is 0 Å². The number of likely N-dealkylation sites (tertiary alicyclic amines) is 1. The zero-order valence-electron chi connectivity index (χ0n) is 17.1. The van der Waals surface area contributed by atoms with Crippen molar-refractivity contribution in [3.05, 3.63) is 70.8 Å². The van der Waals surface area contributed by atoms with Crippen LogP contribution < -0.4 is 0 Å². The lowest BCUT2D eigenvalue weighted by Gasteiger charge is -2.45. The molecule has 1 heterocycles. The molecule has 29 heavy (non-hydrogen) atoms. The van der Waals surface area contributed by atoms with E-state index in [-0.39, 0.29) is 35.5 Å². The summed E-state index contributed by atoms with van der Waals surface area (Å²) in [5.74, 6) is -0.290. The molecule has 1 aliphatic heterocycles. The Balaban J connectivity index is 1.44. The summed E-state index contributed by atoms with van der Waals surface area (Å²) in [6, 6.07) is 16.9. The van der Waals surface area contributed by atoms with Crippen LogP contribution in [0.3, 0.4) is 0 Å². The number of carbonyl (C=O) groups excluding carboxylic acids is 2. The second-order valence-electron chi connectivity index (χ2n) is 8.86. The Bertz CT molecular complexity index is 834. The second kappa shape index (κ2) is 7.44. The van der Waals surface area contributed by atoms with E-state index in [1.54, 1.807) is 4.90 Å². The van der Waals surface area contributed by atoms with Crippen LogP contribution in [0.5, 0.6) is 0 Å².